The lowest BCUT2D eigenvalue weighted by Gasteiger charge is -2.32. The van der Waals surface area contributed by atoms with Gasteiger partial charge in [-0.25, -0.2) is 4.98 Å². The molecule has 1 fully saturated rings. The number of carbonyl (C=O) groups excluding carboxylic acids is 1. The first kappa shape index (κ1) is 16.2. The highest BCUT2D eigenvalue weighted by Gasteiger charge is 2.23. The maximum atomic E-state index is 12.2. The minimum absolute atomic E-state index is 0.0626. The molecule has 1 aliphatic heterocycles. The summed E-state index contributed by atoms with van der Waals surface area (Å²) < 4.78 is 0. The number of anilines is 2. The number of hydrogen-bond acceptors (Lipinski definition) is 6. The Labute approximate surface area is 141 Å². The summed E-state index contributed by atoms with van der Waals surface area (Å²) >= 11 is 0. The standard InChI is InChI=1S/C17H22N6O/c1-22(2)15-5-9-19-17(21-15)23-10-6-14(7-11-23)20-16(24)13-4-3-8-18-12-13/h3-5,8-9,12,14H,6-7,10-11H2,1-2H3,(H,20,24). The number of nitrogens with zero attached hydrogens (tertiary/aromatic N) is 5. The Bertz CT molecular complexity index is 682. The molecule has 0 aromatic carbocycles. The summed E-state index contributed by atoms with van der Waals surface area (Å²) in [5, 5.41) is 3.08. The van der Waals surface area contributed by atoms with E-state index in [0.29, 0.717) is 5.56 Å². The summed E-state index contributed by atoms with van der Waals surface area (Å²) in [6.07, 6.45) is 6.79. The topological polar surface area (TPSA) is 74.2 Å². The van der Waals surface area contributed by atoms with Crippen molar-refractivity contribution in [2.24, 2.45) is 0 Å². The lowest BCUT2D eigenvalue weighted by atomic mass is 10.0. The molecule has 0 bridgehead atoms. The minimum Gasteiger partial charge on any atom is -0.363 e. The van der Waals surface area contributed by atoms with Gasteiger partial charge in [0.1, 0.15) is 5.82 Å². The van der Waals surface area contributed by atoms with Crippen molar-refractivity contribution >= 4 is 17.7 Å². The normalized spacial score (nSPS) is 15.2. The number of carbonyl (C=O) groups is 1. The lowest BCUT2D eigenvalue weighted by Crippen LogP contribution is -2.45. The number of pyridine rings is 1. The van der Waals surface area contributed by atoms with Gasteiger partial charge in [-0.3, -0.25) is 9.78 Å². The number of hydrogen-bond donors (Lipinski definition) is 1. The van der Waals surface area contributed by atoms with Crippen molar-refractivity contribution in [3.8, 4) is 0 Å². The Morgan fingerprint density at radius 2 is 2.04 bits per heavy atom. The van der Waals surface area contributed by atoms with Crippen molar-refractivity contribution in [2.75, 3.05) is 37.0 Å². The van der Waals surface area contributed by atoms with Crippen LogP contribution in [0.15, 0.2) is 36.8 Å². The second-order valence-corrected chi connectivity index (χ2v) is 6.09. The summed E-state index contributed by atoms with van der Waals surface area (Å²) in [4.78, 5) is 29.2. The van der Waals surface area contributed by atoms with Crippen molar-refractivity contribution in [2.45, 2.75) is 18.9 Å². The molecule has 7 nitrogen and oxygen atoms in total. The monoisotopic (exact) mass is 326 g/mol. The van der Waals surface area contributed by atoms with Crippen LogP contribution in [0.4, 0.5) is 11.8 Å². The number of aromatic nitrogens is 3. The number of piperidine rings is 1. The molecule has 0 aliphatic carbocycles. The molecular formula is C17H22N6O. The van der Waals surface area contributed by atoms with Crippen LogP contribution in [0.1, 0.15) is 23.2 Å². The fraction of sp³-hybridized carbons (Fsp3) is 0.412. The Balaban J connectivity index is 1.56. The van der Waals surface area contributed by atoms with Gasteiger partial charge in [-0.2, -0.15) is 4.98 Å². The maximum Gasteiger partial charge on any atom is 0.253 e. The van der Waals surface area contributed by atoms with Gasteiger partial charge in [0.2, 0.25) is 5.95 Å². The van der Waals surface area contributed by atoms with Crippen LogP contribution in [0.5, 0.6) is 0 Å². The quantitative estimate of drug-likeness (QED) is 0.914. The van der Waals surface area contributed by atoms with E-state index in [1.54, 1.807) is 30.7 Å². The molecule has 1 saturated heterocycles. The lowest BCUT2D eigenvalue weighted by molar-refractivity contribution is 0.0930. The maximum absolute atomic E-state index is 12.2. The van der Waals surface area contributed by atoms with E-state index < -0.39 is 0 Å². The Hall–Kier alpha value is -2.70. The molecule has 7 heteroatoms. The van der Waals surface area contributed by atoms with E-state index >= 15 is 0 Å². The van der Waals surface area contributed by atoms with Crippen LogP contribution in [0.25, 0.3) is 0 Å². The summed E-state index contributed by atoms with van der Waals surface area (Å²) in [6.45, 7) is 1.66. The van der Waals surface area contributed by atoms with Gasteiger partial charge in [-0.15, -0.1) is 0 Å². The van der Waals surface area contributed by atoms with E-state index in [0.717, 1.165) is 37.7 Å². The predicted octanol–water partition coefficient (Wildman–Crippen LogP) is 1.34. The highest BCUT2D eigenvalue weighted by atomic mass is 16.1. The van der Waals surface area contributed by atoms with Crippen molar-refractivity contribution in [3.63, 3.8) is 0 Å². The molecule has 0 radical (unpaired) electrons. The fourth-order valence-electron chi connectivity index (χ4n) is 2.73. The van der Waals surface area contributed by atoms with Gasteiger partial charge < -0.3 is 15.1 Å². The number of nitrogens with one attached hydrogen (secondary N) is 1. The summed E-state index contributed by atoms with van der Waals surface area (Å²) in [7, 11) is 3.93. The molecule has 0 atom stereocenters. The van der Waals surface area contributed by atoms with E-state index in [2.05, 4.69) is 25.2 Å². The molecule has 3 rings (SSSR count). The zero-order valence-electron chi connectivity index (χ0n) is 14.0. The predicted molar refractivity (Wildman–Crippen MR) is 93.3 cm³/mol. The third-order valence-electron chi connectivity index (χ3n) is 4.12. The first-order valence-corrected chi connectivity index (χ1v) is 8.09. The Morgan fingerprint density at radius 1 is 1.25 bits per heavy atom. The first-order valence-electron chi connectivity index (χ1n) is 8.09. The number of rotatable bonds is 4. The molecule has 0 unspecified atom stereocenters. The third-order valence-corrected chi connectivity index (χ3v) is 4.12. The van der Waals surface area contributed by atoms with Crippen LogP contribution in [-0.2, 0) is 0 Å². The zero-order valence-corrected chi connectivity index (χ0v) is 14.0. The van der Waals surface area contributed by atoms with Crippen molar-refractivity contribution < 1.29 is 4.79 Å². The molecule has 1 amide bonds. The average Bonchev–Trinajstić information content (AvgIpc) is 2.63. The SMILES string of the molecule is CN(C)c1ccnc(N2CCC(NC(=O)c3cccnc3)CC2)n1. The van der Waals surface area contributed by atoms with Gasteiger partial charge in [-0.05, 0) is 31.0 Å². The van der Waals surface area contributed by atoms with Gasteiger partial charge in [-0.1, -0.05) is 0 Å². The van der Waals surface area contributed by atoms with E-state index in [4.69, 9.17) is 0 Å². The van der Waals surface area contributed by atoms with Gasteiger partial charge in [0, 0.05) is 51.8 Å². The molecular weight excluding hydrogens is 304 g/mol. The molecule has 24 heavy (non-hydrogen) atoms. The average molecular weight is 326 g/mol. The van der Waals surface area contributed by atoms with Crippen LogP contribution in [0.3, 0.4) is 0 Å². The van der Waals surface area contributed by atoms with Gasteiger partial charge in [0.15, 0.2) is 0 Å². The molecule has 2 aromatic heterocycles. The van der Waals surface area contributed by atoms with Gasteiger partial charge in [0.05, 0.1) is 5.56 Å². The van der Waals surface area contributed by atoms with E-state index in [-0.39, 0.29) is 11.9 Å². The largest absolute Gasteiger partial charge is 0.363 e. The molecule has 0 saturated carbocycles. The van der Waals surface area contributed by atoms with Crippen LogP contribution in [0, 0.1) is 0 Å². The van der Waals surface area contributed by atoms with Crippen molar-refractivity contribution in [3.05, 3.63) is 42.4 Å². The second-order valence-electron chi connectivity index (χ2n) is 6.09. The Kier molecular flexibility index (Phi) is 4.88. The summed E-state index contributed by atoms with van der Waals surface area (Å²) in [5.41, 5.74) is 0.599. The smallest absolute Gasteiger partial charge is 0.253 e. The van der Waals surface area contributed by atoms with Crippen molar-refractivity contribution in [1.82, 2.24) is 20.3 Å². The highest BCUT2D eigenvalue weighted by molar-refractivity contribution is 5.94. The molecule has 2 aromatic rings. The first-order chi connectivity index (χ1) is 11.6. The van der Waals surface area contributed by atoms with Crippen molar-refractivity contribution in [1.29, 1.82) is 0 Å². The molecule has 3 heterocycles. The van der Waals surface area contributed by atoms with Crippen LogP contribution < -0.4 is 15.1 Å². The van der Waals surface area contributed by atoms with Crippen LogP contribution >= 0.6 is 0 Å². The van der Waals surface area contributed by atoms with E-state index in [1.165, 1.54) is 0 Å². The zero-order chi connectivity index (χ0) is 16.9. The second kappa shape index (κ2) is 7.25. The fourth-order valence-corrected chi connectivity index (χ4v) is 2.73. The molecule has 1 aliphatic rings. The van der Waals surface area contributed by atoms with Crippen LogP contribution in [0.2, 0.25) is 0 Å². The number of amides is 1. The van der Waals surface area contributed by atoms with E-state index in [9.17, 15) is 4.79 Å². The van der Waals surface area contributed by atoms with Gasteiger partial charge in [0.25, 0.3) is 5.91 Å². The Morgan fingerprint density at radius 3 is 2.71 bits per heavy atom. The minimum atomic E-state index is -0.0626. The highest BCUT2D eigenvalue weighted by Crippen LogP contribution is 2.18. The van der Waals surface area contributed by atoms with Gasteiger partial charge >= 0.3 is 0 Å². The molecule has 1 N–H and O–H groups in total. The molecule has 0 spiro atoms. The summed E-state index contributed by atoms with van der Waals surface area (Å²) in [5.74, 6) is 1.58. The summed E-state index contributed by atoms with van der Waals surface area (Å²) in [6, 6.07) is 5.61. The third kappa shape index (κ3) is 3.79. The molecule has 126 valence electrons. The van der Waals surface area contributed by atoms with E-state index in [1.807, 2.05) is 25.1 Å². The van der Waals surface area contributed by atoms with Crippen LogP contribution in [-0.4, -0.2) is 54.1 Å².